The largest absolute Gasteiger partial charge is 0.466 e. The number of methoxy groups -OCH3 is 1. The van der Waals surface area contributed by atoms with Crippen LogP contribution in [0.2, 0.25) is 0 Å². The van der Waals surface area contributed by atoms with Crippen molar-refractivity contribution >= 4 is 11.9 Å². The van der Waals surface area contributed by atoms with Crippen molar-refractivity contribution in [1.29, 1.82) is 0 Å². The maximum atomic E-state index is 12.1. The smallest absolute Gasteiger partial charge is 0.331 e. The minimum Gasteiger partial charge on any atom is -0.466 e. The van der Waals surface area contributed by atoms with Crippen molar-refractivity contribution in [3.8, 4) is 0 Å². The molecule has 0 aliphatic heterocycles. The third kappa shape index (κ3) is 29.4. The third-order valence-electron chi connectivity index (χ3n) is 7.24. The van der Waals surface area contributed by atoms with Crippen LogP contribution in [0.5, 0.6) is 0 Å². The molecule has 0 amide bonds. The first kappa shape index (κ1) is 44.6. The lowest BCUT2D eigenvalue weighted by Crippen LogP contribution is -2.00. The Bertz CT molecular complexity index is 1430. The maximum absolute atomic E-state index is 12.1. The molecule has 0 atom stereocenters. The van der Waals surface area contributed by atoms with Crippen molar-refractivity contribution in [1.82, 2.24) is 0 Å². The van der Waals surface area contributed by atoms with Gasteiger partial charge in [-0.3, -0.25) is 0 Å². The number of rotatable bonds is 21. The normalized spacial score (nSPS) is 14.7. The Labute approximate surface area is 298 Å². The SMILES string of the molecule is COC(=O)\C=C/C(C)=C\C=C/C(C)=C/C=C/C=C(C)\C=C\C=C(C)/C=C\C(=O)OC/C=C(/C)CC/C=C(\C)CC/C=C(\C)CCC=C(C)C. The number of hydrogen-bond acceptors (Lipinski definition) is 4. The molecule has 0 aliphatic carbocycles. The summed E-state index contributed by atoms with van der Waals surface area (Å²) in [6, 6.07) is 0. The number of carbonyl (C=O) groups excluding carboxylic acids is 2. The highest BCUT2D eigenvalue weighted by molar-refractivity contribution is 5.82. The van der Waals surface area contributed by atoms with E-state index in [4.69, 9.17) is 4.74 Å². The summed E-state index contributed by atoms with van der Waals surface area (Å²) in [7, 11) is 1.36. The molecule has 4 heteroatoms. The molecule has 0 saturated carbocycles. The number of ether oxygens (including phenoxy) is 2. The van der Waals surface area contributed by atoms with Crippen LogP contribution in [0.3, 0.4) is 0 Å². The topological polar surface area (TPSA) is 52.6 Å². The molecule has 0 radical (unpaired) electrons. The number of esters is 2. The molecular formula is C45H62O4. The molecule has 0 aromatic rings. The second-order valence-corrected chi connectivity index (χ2v) is 12.6. The predicted octanol–water partition coefficient (Wildman–Crippen LogP) is 12.4. The molecule has 266 valence electrons. The van der Waals surface area contributed by atoms with Gasteiger partial charge in [0, 0.05) is 12.2 Å². The number of carbonyl (C=O) groups is 2. The van der Waals surface area contributed by atoms with Gasteiger partial charge in [-0.2, -0.15) is 0 Å². The van der Waals surface area contributed by atoms with Gasteiger partial charge in [-0.1, -0.05) is 136 Å². The van der Waals surface area contributed by atoms with E-state index in [1.54, 1.807) is 12.2 Å². The summed E-state index contributed by atoms with van der Waals surface area (Å²) in [5.74, 6) is -0.715. The standard InChI is InChI=1S/C45H62O4/c1-36(2)18-13-21-39(5)24-14-25-40(6)26-17-29-43(9)34-35-49-45(47)33-31-42(8)28-16-23-38(4)20-12-11-19-37(3)22-15-27-41(7)30-32-44(46)48-10/h11-12,15-16,18-20,22-24,26-28,30-34H,13-14,17,21,25,29,35H2,1-10H3/b12-11+,22-15-,23-16+,32-30-,33-31-,37-19+,38-20-,39-24+,40-26+,41-27-,42-28-,43-34-. The van der Waals surface area contributed by atoms with Crippen molar-refractivity contribution in [2.45, 2.75) is 101 Å². The average Bonchev–Trinajstić information content (AvgIpc) is 3.04. The average molecular weight is 667 g/mol. The van der Waals surface area contributed by atoms with Gasteiger partial charge in [-0.15, -0.1) is 0 Å². The summed E-state index contributed by atoms with van der Waals surface area (Å²) >= 11 is 0. The summed E-state index contributed by atoms with van der Waals surface area (Å²) in [5, 5.41) is 0. The summed E-state index contributed by atoms with van der Waals surface area (Å²) in [6.07, 6.45) is 41.6. The Balaban J connectivity index is 4.55. The van der Waals surface area contributed by atoms with Crippen LogP contribution in [0.4, 0.5) is 0 Å². The molecule has 0 rings (SSSR count). The quantitative estimate of drug-likeness (QED) is 0.0529. The van der Waals surface area contributed by atoms with Crippen LogP contribution in [0.25, 0.3) is 0 Å². The number of allylic oxidation sites excluding steroid dienone is 23. The van der Waals surface area contributed by atoms with Crippen LogP contribution >= 0.6 is 0 Å². The number of hydrogen-bond donors (Lipinski definition) is 0. The molecular weight excluding hydrogens is 604 g/mol. The van der Waals surface area contributed by atoms with Gasteiger partial charge in [0.2, 0.25) is 0 Å². The van der Waals surface area contributed by atoms with Gasteiger partial charge in [-0.25, -0.2) is 9.59 Å². The highest BCUT2D eigenvalue weighted by Gasteiger charge is 1.97. The van der Waals surface area contributed by atoms with E-state index in [0.717, 1.165) is 60.8 Å². The van der Waals surface area contributed by atoms with E-state index < -0.39 is 0 Å². The van der Waals surface area contributed by atoms with E-state index in [1.165, 1.54) is 41.6 Å². The van der Waals surface area contributed by atoms with Gasteiger partial charge >= 0.3 is 11.9 Å². The van der Waals surface area contributed by atoms with E-state index in [9.17, 15) is 9.59 Å². The van der Waals surface area contributed by atoms with E-state index in [1.807, 2.05) is 94.5 Å². The highest BCUT2D eigenvalue weighted by atomic mass is 16.5. The van der Waals surface area contributed by atoms with Gasteiger partial charge < -0.3 is 9.47 Å². The van der Waals surface area contributed by atoms with Crippen molar-refractivity contribution in [3.63, 3.8) is 0 Å². The summed E-state index contributed by atoms with van der Waals surface area (Å²) < 4.78 is 9.94. The van der Waals surface area contributed by atoms with Crippen LogP contribution in [0.15, 0.2) is 154 Å². The van der Waals surface area contributed by atoms with E-state index in [2.05, 4.69) is 57.6 Å². The van der Waals surface area contributed by atoms with Crippen LogP contribution in [-0.4, -0.2) is 25.7 Å². The minimum absolute atomic E-state index is 0.284. The van der Waals surface area contributed by atoms with Crippen molar-refractivity contribution in [2.24, 2.45) is 0 Å². The lowest BCUT2D eigenvalue weighted by atomic mass is 10.0. The van der Waals surface area contributed by atoms with Gasteiger partial charge in [0.05, 0.1) is 7.11 Å². The Hall–Kier alpha value is -4.44. The molecule has 0 aromatic carbocycles. The third-order valence-corrected chi connectivity index (χ3v) is 7.24. The Kier molecular flexibility index (Phi) is 26.0. The highest BCUT2D eigenvalue weighted by Crippen LogP contribution is 2.13. The predicted molar refractivity (Wildman–Crippen MR) is 212 cm³/mol. The van der Waals surface area contributed by atoms with E-state index >= 15 is 0 Å². The lowest BCUT2D eigenvalue weighted by molar-refractivity contribution is -0.136. The molecule has 0 N–H and O–H groups in total. The van der Waals surface area contributed by atoms with E-state index in [0.29, 0.717) is 0 Å². The van der Waals surface area contributed by atoms with Crippen LogP contribution < -0.4 is 0 Å². The first-order chi connectivity index (χ1) is 23.3. The molecule has 0 spiro atoms. The molecule has 0 unspecified atom stereocenters. The summed E-state index contributed by atoms with van der Waals surface area (Å²) in [6.45, 7) is 19.0. The molecule has 0 saturated heterocycles. The fraction of sp³-hybridized carbons (Fsp3) is 0.378. The van der Waals surface area contributed by atoms with Gasteiger partial charge in [0.15, 0.2) is 0 Å². The zero-order valence-electron chi connectivity index (χ0n) is 32.0. The van der Waals surface area contributed by atoms with E-state index in [-0.39, 0.29) is 18.5 Å². The van der Waals surface area contributed by atoms with Gasteiger partial charge in [0.25, 0.3) is 0 Å². The molecule has 0 aliphatic rings. The monoisotopic (exact) mass is 666 g/mol. The molecule has 0 fully saturated rings. The summed E-state index contributed by atoms with van der Waals surface area (Å²) in [5.41, 5.74) is 9.62. The van der Waals surface area contributed by atoms with Crippen LogP contribution in [0.1, 0.15) is 101 Å². The zero-order valence-corrected chi connectivity index (χ0v) is 32.0. The van der Waals surface area contributed by atoms with Crippen LogP contribution in [-0.2, 0) is 19.1 Å². The van der Waals surface area contributed by atoms with Crippen molar-refractivity contribution in [2.75, 3.05) is 13.7 Å². The first-order valence-corrected chi connectivity index (χ1v) is 17.2. The summed E-state index contributed by atoms with van der Waals surface area (Å²) in [4.78, 5) is 23.3. The van der Waals surface area contributed by atoms with Gasteiger partial charge in [0.1, 0.15) is 6.61 Å². The lowest BCUT2D eigenvalue weighted by Gasteiger charge is -2.03. The Morgan fingerprint density at radius 1 is 0.449 bits per heavy atom. The molecule has 49 heavy (non-hydrogen) atoms. The fourth-order valence-electron chi connectivity index (χ4n) is 4.11. The molecule has 0 heterocycles. The molecule has 0 aromatic heterocycles. The second-order valence-electron chi connectivity index (χ2n) is 12.6. The minimum atomic E-state index is -0.369. The van der Waals surface area contributed by atoms with Crippen molar-refractivity contribution < 1.29 is 19.1 Å². The van der Waals surface area contributed by atoms with Crippen LogP contribution in [0, 0.1) is 0 Å². The second kappa shape index (κ2) is 28.6. The van der Waals surface area contributed by atoms with Gasteiger partial charge in [-0.05, 0) is 107 Å². The Morgan fingerprint density at radius 2 is 0.837 bits per heavy atom. The Morgan fingerprint density at radius 3 is 1.29 bits per heavy atom. The molecule has 0 bridgehead atoms. The first-order valence-electron chi connectivity index (χ1n) is 17.2. The fourth-order valence-corrected chi connectivity index (χ4v) is 4.11. The maximum Gasteiger partial charge on any atom is 0.331 e. The van der Waals surface area contributed by atoms with Crippen molar-refractivity contribution in [3.05, 3.63) is 154 Å². The zero-order chi connectivity index (χ0) is 36.9. The molecule has 4 nitrogen and oxygen atoms in total.